The number of carbonyl (C=O) groups is 2. The summed E-state index contributed by atoms with van der Waals surface area (Å²) in [6.45, 7) is 2.00. The van der Waals surface area contributed by atoms with Gasteiger partial charge in [0, 0.05) is 11.8 Å². The Hall–Kier alpha value is -0.910. The number of carboxylic acid groups (broad SMARTS) is 1. The molecule has 1 aliphatic heterocycles. The minimum Gasteiger partial charge on any atom is -0.480 e. The van der Waals surface area contributed by atoms with Gasteiger partial charge in [-0.05, 0) is 37.5 Å². The quantitative estimate of drug-likeness (QED) is 0.837. The first kappa shape index (κ1) is 14.0. The molecule has 0 radical (unpaired) electrons. The highest BCUT2D eigenvalue weighted by Gasteiger charge is 2.44. The molecule has 6 heteroatoms. The maximum absolute atomic E-state index is 12.5. The predicted molar refractivity (Wildman–Crippen MR) is 77.6 cm³/mol. The first-order valence-corrected chi connectivity index (χ1v) is 8.58. The Bertz CT molecular complexity index is 417. The van der Waals surface area contributed by atoms with Gasteiger partial charge in [-0.25, -0.2) is 9.59 Å². The van der Waals surface area contributed by atoms with Gasteiger partial charge < -0.3 is 10.4 Å². The van der Waals surface area contributed by atoms with Crippen LogP contribution >= 0.6 is 11.8 Å². The Labute approximate surface area is 123 Å². The maximum atomic E-state index is 12.5. The minimum atomic E-state index is -0.892. The van der Waals surface area contributed by atoms with Gasteiger partial charge in [0.1, 0.15) is 6.04 Å². The van der Waals surface area contributed by atoms with E-state index in [0.29, 0.717) is 11.7 Å². The molecule has 5 nitrogen and oxygen atoms in total. The van der Waals surface area contributed by atoms with Crippen LogP contribution in [-0.2, 0) is 4.79 Å². The summed E-state index contributed by atoms with van der Waals surface area (Å²) in [6, 6.07) is -0.589. The molecule has 5 unspecified atom stereocenters. The van der Waals surface area contributed by atoms with Gasteiger partial charge >= 0.3 is 12.0 Å². The van der Waals surface area contributed by atoms with Crippen LogP contribution in [-0.4, -0.2) is 45.2 Å². The summed E-state index contributed by atoms with van der Waals surface area (Å²) < 4.78 is 0. The maximum Gasteiger partial charge on any atom is 0.327 e. The molecular formula is C14H22N2O3S. The molecule has 20 heavy (non-hydrogen) atoms. The SMILES string of the molecule is CCC1SCC(C(=O)O)N1C(=O)NC1CC2CCC1C2. The number of carboxylic acids is 1. The van der Waals surface area contributed by atoms with E-state index in [0.717, 1.165) is 18.8 Å². The van der Waals surface area contributed by atoms with Crippen molar-refractivity contribution in [3.63, 3.8) is 0 Å². The normalized spacial score (nSPS) is 39.2. The highest BCUT2D eigenvalue weighted by Crippen LogP contribution is 2.44. The third-order valence-electron chi connectivity index (χ3n) is 5.01. The van der Waals surface area contributed by atoms with Crippen molar-refractivity contribution < 1.29 is 14.7 Å². The fourth-order valence-corrected chi connectivity index (χ4v) is 5.34. The minimum absolute atomic E-state index is 0.00492. The molecule has 2 N–H and O–H groups in total. The van der Waals surface area contributed by atoms with E-state index in [9.17, 15) is 14.7 Å². The predicted octanol–water partition coefficient (Wildman–Crippen LogP) is 2.12. The molecule has 3 fully saturated rings. The summed E-state index contributed by atoms with van der Waals surface area (Å²) in [5.41, 5.74) is 0. The van der Waals surface area contributed by atoms with Crippen LogP contribution in [0, 0.1) is 11.8 Å². The van der Waals surface area contributed by atoms with Gasteiger partial charge in [-0.2, -0.15) is 0 Å². The third kappa shape index (κ3) is 2.38. The number of carbonyl (C=O) groups excluding carboxylic acids is 1. The molecule has 0 spiro atoms. The van der Waals surface area contributed by atoms with Crippen LogP contribution in [0.2, 0.25) is 0 Å². The first-order valence-electron chi connectivity index (χ1n) is 7.53. The van der Waals surface area contributed by atoms with Crippen molar-refractivity contribution in [2.75, 3.05) is 5.75 Å². The molecule has 1 saturated heterocycles. The van der Waals surface area contributed by atoms with Crippen molar-refractivity contribution in [1.29, 1.82) is 0 Å². The second-order valence-electron chi connectivity index (χ2n) is 6.19. The van der Waals surface area contributed by atoms with Crippen molar-refractivity contribution in [1.82, 2.24) is 10.2 Å². The van der Waals surface area contributed by atoms with Crippen LogP contribution < -0.4 is 5.32 Å². The lowest BCUT2D eigenvalue weighted by atomic mass is 9.95. The van der Waals surface area contributed by atoms with Gasteiger partial charge in [0.15, 0.2) is 0 Å². The summed E-state index contributed by atoms with van der Waals surface area (Å²) in [5.74, 6) is 0.993. The van der Waals surface area contributed by atoms with Gasteiger partial charge in [0.05, 0.1) is 5.37 Å². The van der Waals surface area contributed by atoms with E-state index < -0.39 is 12.0 Å². The highest BCUT2D eigenvalue weighted by molar-refractivity contribution is 8.00. The van der Waals surface area contributed by atoms with Gasteiger partial charge in [0.25, 0.3) is 0 Å². The average molecular weight is 298 g/mol. The monoisotopic (exact) mass is 298 g/mol. The number of amides is 2. The standard InChI is InChI=1S/C14H22N2O3S/c1-2-12-16(11(7-20-12)13(17)18)14(19)15-10-6-8-3-4-9(10)5-8/h8-12H,2-7H2,1H3,(H,15,19)(H,17,18). The third-order valence-corrected chi connectivity index (χ3v) is 6.46. The number of nitrogens with zero attached hydrogens (tertiary/aromatic N) is 1. The average Bonchev–Trinajstić information content (AvgIpc) is 3.12. The lowest BCUT2D eigenvalue weighted by Gasteiger charge is -2.30. The van der Waals surface area contributed by atoms with E-state index in [1.54, 1.807) is 16.7 Å². The Balaban J connectivity index is 1.66. The van der Waals surface area contributed by atoms with Gasteiger partial charge in [-0.1, -0.05) is 13.3 Å². The van der Waals surface area contributed by atoms with Crippen molar-refractivity contribution in [3.05, 3.63) is 0 Å². The van der Waals surface area contributed by atoms with E-state index >= 15 is 0 Å². The molecule has 2 saturated carbocycles. The largest absolute Gasteiger partial charge is 0.480 e. The lowest BCUT2D eigenvalue weighted by Crippen LogP contribution is -2.53. The Morgan fingerprint density at radius 2 is 2.15 bits per heavy atom. The summed E-state index contributed by atoms with van der Waals surface area (Å²) in [6.07, 6.45) is 5.61. The van der Waals surface area contributed by atoms with E-state index in [-0.39, 0.29) is 17.4 Å². The van der Waals surface area contributed by atoms with Crippen LogP contribution in [0.4, 0.5) is 4.79 Å². The van der Waals surface area contributed by atoms with Gasteiger partial charge in [-0.3, -0.25) is 4.90 Å². The molecule has 5 atom stereocenters. The van der Waals surface area contributed by atoms with E-state index in [4.69, 9.17) is 0 Å². The second-order valence-corrected chi connectivity index (χ2v) is 7.40. The van der Waals surface area contributed by atoms with Crippen LogP contribution in [0.1, 0.15) is 39.0 Å². The van der Waals surface area contributed by atoms with Gasteiger partial charge in [0.2, 0.25) is 0 Å². The Morgan fingerprint density at radius 3 is 2.70 bits per heavy atom. The van der Waals surface area contributed by atoms with Crippen molar-refractivity contribution >= 4 is 23.8 Å². The molecule has 2 aliphatic carbocycles. The first-order chi connectivity index (χ1) is 9.60. The van der Waals surface area contributed by atoms with Crippen molar-refractivity contribution in [3.8, 4) is 0 Å². The fraction of sp³-hybridized carbons (Fsp3) is 0.857. The zero-order chi connectivity index (χ0) is 14.3. The second kappa shape index (κ2) is 5.47. The summed E-state index contributed by atoms with van der Waals surface area (Å²) in [5, 5.41) is 12.4. The number of rotatable bonds is 3. The Morgan fingerprint density at radius 1 is 1.35 bits per heavy atom. The van der Waals surface area contributed by atoms with Gasteiger partial charge in [-0.15, -0.1) is 11.8 Å². The molecule has 112 valence electrons. The number of fused-ring (bicyclic) bond motifs is 2. The van der Waals surface area contributed by atoms with E-state index in [1.807, 2.05) is 6.92 Å². The molecule has 0 aromatic carbocycles. The number of thioether (sulfide) groups is 1. The van der Waals surface area contributed by atoms with Crippen LogP contribution in [0.15, 0.2) is 0 Å². The van der Waals surface area contributed by atoms with Crippen LogP contribution in [0.3, 0.4) is 0 Å². The number of nitrogens with one attached hydrogen (secondary N) is 1. The Kier molecular flexibility index (Phi) is 3.84. The van der Waals surface area contributed by atoms with E-state index in [1.165, 1.54) is 19.3 Å². The number of aliphatic carboxylic acids is 1. The highest BCUT2D eigenvalue weighted by atomic mass is 32.2. The lowest BCUT2D eigenvalue weighted by molar-refractivity contribution is -0.141. The number of hydrogen-bond acceptors (Lipinski definition) is 3. The van der Waals surface area contributed by atoms with Crippen molar-refractivity contribution in [2.45, 2.75) is 56.5 Å². The smallest absolute Gasteiger partial charge is 0.327 e. The van der Waals surface area contributed by atoms with Crippen LogP contribution in [0.5, 0.6) is 0 Å². The summed E-state index contributed by atoms with van der Waals surface area (Å²) in [7, 11) is 0. The molecule has 3 rings (SSSR count). The molecule has 1 heterocycles. The number of urea groups is 1. The van der Waals surface area contributed by atoms with E-state index in [2.05, 4.69) is 5.32 Å². The summed E-state index contributed by atoms with van der Waals surface area (Å²) in [4.78, 5) is 25.4. The number of hydrogen-bond donors (Lipinski definition) is 2. The topological polar surface area (TPSA) is 69.6 Å². The van der Waals surface area contributed by atoms with Crippen LogP contribution in [0.25, 0.3) is 0 Å². The summed E-state index contributed by atoms with van der Waals surface area (Å²) >= 11 is 1.57. The fourth-order valence-electron chi connectivity index (χ4n) is 4.00. The van der Waals surface area contributed by atoms with Crippen molar-refractivity contribution in [2.24, 2.45) is 11.8 Å². The molecule has 0 aromatic rings. The molecule has 2 amide bonds. The zero-order valence-corrected chi connectivity index (χ0v) is 12.6. The molecule has 2 bridgehead atoms. The zero-order valence-electron chi connectivity index (χ0n) is 11.7. The molecule has 0 aromatic heterocycles. The molecular weight excluding hydrogens is 276 g/mol. The molecule has 3 aliphatic rings.